The number of anilines is 1. The summed E-state index contributed by atoms with van der Waals surface area (Å²) in [7, 11) is 3.19. The van der Waals surface area contributed by atoms with Crippen molar-refractivity contribution >= 4 is 33.0 Å². The molecule has 8 nitrogen and oxygen atoms in total. The van der Waals surface area contributed by atoms with Crippen molar-refractivity contribution < 1.29 is 0 Å². The molecule has 34 heavy (non-hydrogen) atoms. The molecule has 0 spiro atoms. The summed E-state index contributed by atoms with van der Waals surface area (Å²) in [5.41, 5.74) is 2.56. The van der Waals surface area contributed by atoms with Crippen LogP contribution in [0.5, 0.6) is 0 Å². The number of nitrogens with zero attached hydrogens (tertiary/aromatic N) is 6. The maximum atomic E-state index is 13.1. The second-order valence-corrected chi connectivity index (χ2v) is 9.67. The van der Waals surface area contributed by atoms with Crippen molar-refractivity contribution in [3.8, 4) is 0 Å². The topological polar surface area (TPSA) is 68.3 Å². The molecular formula is C25H27BrN6O2. The van der Waals surface area contributed by atoms with Crippen molar-refractivity contribution in [1.29, 1.82) is 0 Å². The average molecular weight is 523 g/mol. The Morgan fingerprint density at radius 3 is 2.15 bits per heavy atom. The smallest absolute Gasteiger partial charge is 0.332 e. The standard InChI is InChI=1S/C25H27BrN6O2/c1-28-22-21(23(33)29(2)25(28)34)32(17-18-6-4-3-5-7-18)24(27-22)31-14-12-30(13-15-31)16-19-8-10-20(26)11-9-19/h3-11H,12-17H2,1-2H3. The van der Waals surface area contributed by atoms with Crippen LogP contribution in [-0.4, -0.2) is 49.8 Å². The van der Waals surface area contributed by atoms with Gasteiger partial charge in [-0.15, -0.1) is 0 Å². The molecule has 1 aliphatic rings. The predicted octanol–water partition coefficient (Wildman–Crippen LogP) is 2.57. The number of hydrogen-bond acceptors (Lipinski definition) is 5. The summed E-state index contributed by atoms with van der Waals surface area (Å²) < 4.78 is 5.67. The highest BCUT2D eigenvalue weighted by molar-refractivity contribution is 9.10. The van der Waals surface area contributed by atoms with Crippen LogP contribution in [0.15, 0.2) is 68.7 Å². The van der Waals surface area contributed by atoms with E-state index in [4.69, 9.17) is 4.98 Å². The zero-order valence-electron chi connectivity index (χ0n) is 19.3. The van der Waals surface area contributed by atoms with E-state index in [0.717, 1.165) is 53.3 Å². The number of aromatic nitrogens is 4. The summed E-state index contributed by atoms with van der Waals surface area (Å²) in [5, 5.41) is 0. The molecule has 2 aromatic heterocycles. The highest BCUT2D eigenvalue weighted by atomic mass is 79.9. The van der Waals surface area contributed by atoms with Gasteiger partial charge >= 0.3 is 5.69 Å². The molecule has 0 radical (unpaired) electrons. The van der Waals surface area contributed by atoms with Crippen molar-refractivity contribution in [1.82, 2.24) is 23.6 Å². The average Bonchev–Trinajstić information content (AvgIpc) is 3.23. The van der Waals surface area contributed by atoms with Gasteiger partial charge in [0.2, 0.25) is 5.95 Å². The van der Waals surface area contributed by atoms with Gasteiger partial charge in [0.1, 0.15) is 0 Å². The van der Waals surface area contributed by atoms with E-state index >= 15 is 0 Å². The lowest BCUT2D eigenvalue weighted by Gasteiger charge is -2.35. The fourth-order valence-corrected chi connectivity index (χ4v) is 4.81. The van der Waals surface area contributed by atoms with Gasteiger partial charge in [-0.1, -0.05) is 58.4 Å². The molecule has 176 valence electrons. The molecule has 1 saturated heterocycles. The van der Waals surface area contributed by atoms with E-state index in [1.807, 2.05) is 34.9 Å². The number of hydrogen-bond donors (Lipinski definition) is 0. The Morgan fingerprint density at radius 1 is 0.824 bits per heavy atom. The fourth-order valence-electron chi connectivity index (χ4n) is 4.55. The number of imidazole rings is 1. The van der Waals surface area contributed by atoms with Gasteiger partial charge in [-0.25, -0.2) is 4.79 Å². The summed E-state index contributed by atoms with van der Waals surface area (Å²) in [4.78, 5) is 35.2. The Bertz CT molecular complexity index is 1430. The normalized spacial score (nSPS) is 14.7. The van der Waals surface area contributed by atoms with Crippen LogP contribution in [0.3, 0.4) is 0 Å². The largest absolute Gasteiger partial charge is 0.340 e. The van der Waals surface area contributed by atoms with Crippen LogP contribution in [0, 0.1) is 0 Å². The summed E-state index contributed by atoms with van der Waals surface area (Å²) >= 11 is 3.49. The van der Waals surface area contributed by atoms with Gasteiger partial charge < -0.3 is 4.90 Å². The van der Waals surface area contributed by atoms with E-state index in [2.05, 4.69) is 50.0 Å². The molecule has 2 aromatic carbocycles. The summed E-state index contributed by atoms with van der Waals surface area (Å²) in [6.07, 6.45) is 0. The Morgan fingerprint density at radius 2 is 1.47 bits per heavy atom. The van der Waals surface area contributed by atoms with Gasteiger partial charge in [0, 0.05) is 51.3 Å². The second-order valence-electron chi connectivity index (χ2n) is 8.75. The van der Waals surface area contributed by atoms with Gasteiger partial charge in [-0.2, -0.15) is 4.98 Å². The van der Waals surface area contributed by atoms with Crippen LogP contribution in [0.2, 0.25) is 0 Å². The van der Waals surface area contributed by atoms with Gasteiger partial charge in [-0.3, -0.25) is 23.4 Å². The minimum absolute atomic E-state index is 0.318. The quantitative estimate of drug-likeness (QED) is 0.403. The number of halogens is 1. The number of benzene rings is 2. The molecule has 1 fully saturated rings. The summed E-state index contributed by atoms with van der Waals surface area (Å²) in [5.74, 6) is 0.737. The summed E-state index contributed by atoms with van der Waals surface area (Å²) in [6.45, 7) is 4.78. The Balaban J connectivity index is 1.48. The first-order valence-electron chi connectivity index (χ1n) is 11.3. The zero-order chi connectivity index (χ0) is 23.8. The molecular weight excluding hydrogens is 496 g/mol. The molecule has 1 aliphatic heterocycles. The first-order chi connectivity index (χ1) is 16.4. The van der Waals surface area contributed by atoms with E-state index in [1.165, 1.54) is 17.2 Å². The van der Waals surface area contributed by atoms with E-state index in [-0.39, 0.29) is 11.2 Å². The molecule has 0 aliphatic carbocycles. The Hall–Kier alpha value is -3.17. The highest BCUT2D eigenvalue weighted by Crippen LogP contribution is 2.23. The van der Waals surface area contributed by atoms with Crippen LogP contribution in [0.25, 0.3) is 11.2 Å². The lowest BCUT2D eigenvalue weighted by atomic mass is 10.2. The molecule has 0 bridgehead atoms. The van der Waals surface area contributed by atoms with Crippen molar-refractivity contribution in [2.24, 2.45) is 14.1 Å². The van der Waals surface area contributed by atoms with E-state index in [1.54, 1.807) is 7.05 Å². The van der Waals surface area contributed by atoms with Gasteiger partial charge in [0.25, 0.3) is 5.56 Å². The van der Waals surface area contributed by atoms with E-state index in [9.17, 15) is 9.59 Å². The van der Waals surface area contributed by atoms with Crippen LogP contribution in [0.4, 0.5) is 5.95 Å². The maximum absolute atomic E-state index is 13.1. The molecule has 0 N–H and O–H groups in total. The van der Waals surface area contributed by atoms with E-state index < -0.39 is 0 Å². The number of fused-ring (bicyclic) bond motifs is 1. The highest BCUT2D eigenvalue weighted by Gasteiger charge is 2.25. The van der Waals surface area contributed by atoms with Crippen LogP contribution < -0.4 is 16.1 Å². The molecule has 0 atom stereocenters. The number of rotatable bonds is 5. The molecule has 0 unspecified atom stereocenters. The van der Waals surface area contributed by atoms with Crippen LogP contribution in [-0.2, 0) is 27.2 Å². The SMILES string of the molecule is Cn1c(=O)c2c(nc(N3CCN(Cc4ccc(Br)cc4)CC3)n2Cc2ccccc2)n(C)c1=O. The monoisotopic (exact) mass is 522 g/mol. The third kappa shape index (κ3) is 4.21. The third-order valence-electron chi connectivity index (χ3n) is 6.49. The van der Waals surface area contributed by atoms with Crippen LogP contribution in [0.1, 0.15) is 11.1 Å². The first kappa shape index (κ1) is 22.6. The summed E-state index contributed by atoms with van der Waals surface area (Å²) in [6, 6.07) is 18.5. The van der Waals surface area contributed by atoms with Crippen molar-refractivity contribution in [3.05, 3.63) is 91.0 Å². The van der Waals surface area contributed by atoms with Crippen molar-refractivity contribution in [3.63, 3.8) is 0 Å². The number of aryl methyl sites for hydroxylation is 1. The molecule has 9 heteroatoms. The minimum atomic E-state index is -0.368. The van der Waals surface area contributed by atoms with Gasteiger partial charge in [-0.05, 0) is 23.3 Å². The van der Waals surface area contributed by atoms with Crippen molar-refractivity contribution in [2.75, 3.05) is 31.1 Å². The molecule has 0 saturated carbocycles. The Kier molecular flexibility index (Phi) is 6.14. The lowest BCUT2D eigenvalue weighted by molar-refractivity contribution is 0.248. The van der Waals surface area contributed by atoms with Gasteiger partial charge in [0.15, 0.2) is 11.2 Å². The van der Waals surface area contributed by atoms with Gasteiger partial charge in [0.05, 0.1) is 6.54 Å². The van der Waals surface area contributed by atoms with E-state index in [0.29, 0.717) is 17.7 Å². The van der Waals surface area contributed by atoms with Crippen LogP contribution >= 0.6 is 15.9 Å². The molecule has 3 heterocycles. The zero-order valence-corrected chi connectivity index (χ0v) is 20.9. The molecule has 0 amide bonds. The Labute approximate surface area is 205 Å². The molecule has 4 aromatic rings. The maximum Gasteiger partial charge on any atom is 0.332 e. The second kappa shape index (κ2) is 9.23. The molecule has 5 rings (SSSR count). The lowest BCUT2D eigenvalue weighted by Crippen LogP contribution is -2.47. The minimum Gasteiger partial charge on any atom is -0.340 e. The predicted molar refractivity (Wildman–Crippen MR) is 137 cm³/mol. The fraction of sp³-hybridized carbons (Fsp3) is 0.320. The van der Waals surface area contributed by atoms with Crippen molar-refractivity contribution in [2.45, 2.75) is 13.1 Å². The number of piperazine rings is 1. The third-order valence-corrected chi connectivity index (χ3v) is 7.01. The first-order valence-corrected chi connectivity index (χ1v) is 12.1.